The highest BCUT2D eigenvalue weighted by atomic mass is 15.1. The lowest BCUT2D eigenvalue weighted by Gasteiger charge is -2.37. The zero-order chi connectivity index (χ0) is 19.7. The van der Waals surface area contributed by atoms with Crippen molar-refractivity contribution < 1.29 is 0 Å². The molecule has 2 heterocycles. The summed E-state index contributed by atoms with van der Waals surface area (Å²) in [4.78, 5) is 6.00. The Morgan fingerprint density at radius 1 is 1.14 bits per heavy atom. The summed E-state index contributed by atoms with van der Waals surface area (Å²) < 4.78 is 0. The van der Waals surface area contributed by atoms with Crippen molar-refractivity contribution in [1.82, 2.24) is 0 Å². The van der Waals surface area contributed by atoms with Crippen LogP contribution in [0, 0.1) is 23.3 Å². The normalized spacial score (nSPS) is 22.1. The molecule has 1 aliphatic carbocycles. The first-order valence-corrected chi connectivity index (χ1v) is 10.3. The fourth-order valence-corrected chi connectivity index (χ4v) is 5.01. The third-order valence-electron chi connectivity index (χ3n) is 6.08. The van der Waals surface area contributed by atoms with E-state index in [1.807, 2.05) is 0 Å². The quantitative estimate of drug-likeness (QED) is 0.484. The molecule has 28 heavy (non-hydrogen) atoms. The molecule has 1 aromatic rings. The van der Waals surface area contributed by atoms with E-state index in [2.05, 4.69) is 60.0 Å². The van der Waals surface area contributed by atoms with Crippen LogP contribution in [-0.2, 0) is 12.8 Å². The topological polar surface area (TPSA) is 31.4 Å². The Labute approximate surface area is 168 Å². The van der Waals surface area contributed by atoms with Crippen molar-refractivity contribution in [3.8, 4) is 6.07 Å². The van der Waals surface area contributed by atoms with Crippen LogP contribution in [-0.4, -0.2) is 13.1 Å². The second kappa shape index (κ2) is 7.33. The minimum atomic E-state index is 0.0683. The molecule has 0 saturated carbocycles. The summed E-state index contributed by atoms with van der Waals surface area (Å²) in [6, 6.07) is 6.78. The van der Waals surface area contributed by atoms with Gasteiger partial charge in [-0.2, -0.15) is 0 Å². The van der Waals surface area contributed by atoms with E-state index in [9.17, 15) is 5.26 Å². The first-order valence-electron chi connectivity index (χ1n) is 10.3. The summed E-state index contributed by atoms with van der Waals surface area (Å²) in [5, 5.41) is 9.27. The van der Waals surface area contributed by atoms with Crippen molar-refractivity contribution in [2.75, 3.05) is 18.0 Å². The minimum Gasteiger partial charge on any atom is -0.371 e. The molecule has 0 N–H and O–H groups in total. The summed E-state index contributed by atoms with van der Waals surface area (Å²) in [5.41, 5.74) is 8.17. The molecule has 0 amide bonds. The van der Waals surface area contributed by atoms with E-state index in [1.54, 1.807) is 0 Å². The Balaban J connectivity index is 1.67. The van der Waals surface area contributed by atoms with E-state index >= 15 is 0 Å². The van der Waals surface area contributed by atoms with Crippen LogP contribution >= 0.6 is 0 Å². The van der Waals surface area contributed by atoms with Gasteiger partial charge in [0.1, 0.15) is 0 Å². The molecule has 4 rings (SSSR count). The molecule has 0 radical (unpaired) electrons. The SMILES string of the molecule is [C-]#[N+]C(C#N)=C1C=C(C=Cc2cc3c4c(c2)CCCN4CCC3)CC(C)(C)C1. The third kappa shape index (κ3) is 3.63. The van der Waals surface area contributed by atoms with Crippen LogP contribution in [0.4, 0.5) is 5.69 Å². The van der Waals surface area contributed by atoms with E-state index in [-0.39, 0.29) is 11.1 Å². The van der Waals surface area contributed by atoms with Gasteiger partial charge >= 0.3 is 0 Å². The summed E-state index contributed by atoms with van der Waals surface area (Å²) in [7, 11) is 0. The van der Waals surface area contributed by atoms with Crippen molar-refractivity contribution in [2.24, 2.45) is 5.41 Å². The van der Waals surface area contributed by atoms with Gasteiger partial charge in [-0.3, -0.25) is 0 Å². The predicted octanol–water partition coefficient (Wildman–Crippen LogP) is 5.84. The van der Waals surface area contributed by atoms with E-state index in [0.717, 1.165) is 18.4 Å². The molecule has 2 aliphatic heterocycles. The number of allylic oxidation sites excluding steroid dienone is 5. The first kappa shape index (κ1) is 18.6. The van der Waals surface area contributed by atoms with Gasteiger partial charge in [0.15, 0.2) is 0 Å². The van der Waals surface area contributed by atoms with Gasteiger partial charge in [-0.05, 0) is 83.9 Å². The van der Waals surface area contributed by atoms with Crippen LogP contribution in [0.2, 0.25) is 0 Å². The molecule has 0 unspecified atom stereocenters. The molecule has 0 bridgehead atoms. The first-order chi connectivity index (χ1) is 13.5. The third-order valence-corrected chi connectivity index (χ3v) is 6.08. The molecule has 0 fully saturated rings. The molecule has 0 saturated heterocycles. The summed E-state index contributed by atoms with van der Waals surface area (Å²) in [6.07, 6.45) is 13.1. The van der Waals surface area contributed by atoms with Gasteiger partial charge in [0.25, 0.3) is 5.70 Å². The second-order valence-corrected chi connectivity index (χ2v) is 9.05. The van der Waals surface area contributed by atoms with Crippen molar-refractivity contribution in [1.29, 1.82) is 5.26 Å². The maximum atomic E-state index is 9.27. The molecule has 3 nitrogen and oxygen atoms in total. The average molecular weight is 370 g/mol. The minimum absolute atomic E-state index is 0.0683. The smallest absolute Gasteiger partial charge is 0.265 e. The van der Waals surface area contributed by atoms with Gasteiger partial charge in [-0.15, -0.1) is 0 Å². The van der Waals surface area contributed by atoms with Crippen molar-refractivity contribution in [3.05, 3.63) is 69.2 Å². The lowest BCUT2D eigenvalue weighted by molar-refractivity contribution is 0.354. The number of rotatable bonds is 2. The van der Waals surface area contributed by atoms with Gasteiger partial charge in [-0.1, -0.05) is 32.1 Å². The van der Waals surface area contributed by atoms with Crippen LogP contribution in [0.5, 0.6) is 0 Å². The molecule has 1 aromatic carbocycles. The fourth-order valence-electron chi connectivity index (χ4n) is 5.01. The Morgan fingerprint density at radius 2 is 1.82 bits per heavy atom. The Hall–Kier alpha value is -2.78. The number of hydrogen-bond acceptors (Lipinski definition) is 2. The van der Waals surface area contributed by atoms with E-state index in [4.69, 9.17) is 6.57 Å². The Morgan fingerprint density at radius 3 is 2.43 bits per heavy atom. The molecule has 142 valence electrons. The number of anilines is 1. The van der Waals surface area contributed by atoms with Crippen LogP contribution in [0.15, 0.2) is 41.1 Å². The van der Waals surface area contributed by atoms with Gasteiger partial charge in [-0.25, -0.2) is 10.1 Å². The highest BCUT2D eigenvalue weighted by Gasteiger charge is 2.27. The van der Waals surface area contributed by atoms with Crippen LogP contribution in [0.3, 0.4) is 0 Å². The lowest BCUT2D eigenvalue weighted by Crippen LogP contribution is -2.34. The maximum absolute atomic E-state index is 9.27. The van der Waals surface area contributed by atoms with Crippen molar-refractivity contribution >= 4 is 11.8 Å². The summed E-state index contributed by atoms with van der Waals surface area (Å²) in [5.74, 6) is 0. The molecule has 3 heteroatoms. The second-order valence-electron chi connectivity index (χ2n) is 9.05. The molecule has 0 spiro atoms. The number of benzene rings is 1. The van der Waals surface area contributed by atoms with E-state index < -0.39 is 0 Å². The molecule has 0 atom stereocenters. The zero-order valence-electron chi connectivity index (χ0n) is 16.9. The standard InChI is InChI=1S/C25H27N3/c1-25(2)15-19(14-22(16-25)23(17-26)27-3)9-8-18-12-20-6-4-10-28-11-5-7-21(13-18)24(20)28/h8-9,12-14H,4-7,10-11,15-16H2,1-2H3. The monoisotopic (exact) mass is 369 g/mol. The van der Waals surface area contributed by atoms with Crippen molar-refractivity contribution in [3.63, 3.8) is 0 Å². The number of nitriles is 1. The van der Waals surface area contributed by atoms with Gasteiger partial charge in [0.05, 0.1) is 12.6 Å². The number of hydrogen-bond donors (Lipinski definition) is 0. The lowest BCUT2D eigenvalue weighted by atomic mass is 9.74. The fraction of sp³-hybridized carbons (Fsp3) is 0.440. The van der Waals surface area contributed by atoms with Gasteiger partial charge < -0.3 is 4.90 Å². The van der Waals surface area contributed by atoms with Crippen LogP contribution in [0.1, 0.15) is 56.2 Å². The van der Waals surface area contributed by atoms with Crippen LogP contribution in [0.25, 0.3) is 10.9 Å². The highest BCUT2D eigenvalue weighted by Crippen LogP contribution is 2.40. The maximum Gasteiger partial charge on any atom is 0.265 e. The average Bonchev–Trinajstić information content (AvgIpc) is 2.67. The highest BCUT2D eigenvalue weighted by molar-refractivity contribution is 5.68. The van der Waals surface area contributed by atoms with Crippen LogP contribution < -0.4 is 4.90 Å². The van der Waals surface area contributed by atoms with E-state index in [0.29, 0.717) is 0 Å². The Kier molecular flexibility index (Phi) is 4.86. The van der Waals surface area contributed by atoms with Gasteiger partial charge in [0, 0.05) is 18.8 Å². The Bertz CT molecular complexity index is 929. The predicted molar refractivity (Wildman–Crippen MR) is 115 cm³/mol. The van der Waals surface area contributed by atoms with Crippen molar-refractivity contribution in [2.45, 2.75) is 52.4 Å². The van der Waals surface area contributed by atoms with E-state index in [1.165, 1.54) is 66.7 Å². The summed E-state index contributed by atoms with van der Waals surface area (Å²) >= 11 is 0. The molecular weight excluding hydrogens is 342 g/mol. The number of aryl methyl sites for hydroxylation is 2. The summed E-state index contributed by atoms with van der Waals surface area (Å²) in [6.45, 7) is 14.1. The molecular formula is C25H27N3. The molecule has 0 aromatic heterocycles. The zero-order valence-corrected chi connectivity index (χ0v) is 16.9. The number of nitrogens with zero attached hydrogens (tertiary/aromatic N) is 3. The largest absolute Gasteiger partial charge is 0.371 e. The van der Waals surface area contributed by atoms with Gasteiger partial charge in [0.2, 0.25) is 0 Å². The molecule has 3 aliphatic rings.